The zero-order valence-corrected chi connectivity index (χ0v) is 29.2. The van der Waals surface area contributed by atoms with Gasteiger partial charge in [0.1, 0.15) is 18.2 Å². The Kier molecular flexibility index (Phi) is 22.4. The smallest absolute Gasteiger partial charge is 0.777 e. The molecule has 0 saturated heterocycles. The van der Waals surface area contributed by atoms with E-state index in [1.807, 2.05) is 0 Å². The van der Waals surface area contributed by atoms with Gasteiger partial charge in [0, 0.05) is 13.2 Å². The third-order valence-corrected chi connectivity index (χ3v) is 7.80. The quantitative estimate of drug-likeness (QED) is 0.102. The summed E-state index contributed by atoms with van der Waals surface area (Å²) in [6, 6.07) is 0. The van der Waals surface area contributed by atoms with E-state index in [1.54, 1.807) is 17.8 Å². The molecule has 0 fully saturated rings. The molecule has 0 aliphatic heterocycles. The second-order valence-electron chi connectivity index (χ2n) is 10.4. The second kappa shape index (κ2) is 23.5. The van der Waals surface area contributed by atoms with E-state index in [0.717, 1.165) is 6.42 Å². The van der Waals surface area contributed by atoms with Crippen molar-refractivity contribution in [3.05, 3.63) is 12.7 Å². The first-order valence-electron chi connectivity index (χ1n) is 15.0. The number of hydrogen-bond acceptors (Lipinski definition) is 9. The summed E-state index contributed by atoms with van der Waals surface area (Å²) in [5.41, 5.74) is 6.88. The van der Waals surface area contributed by atoms with Crippen LogP contribution in [0.15, 0.2) is 12.7 Å². The van der Waals surface area contributed by atoms with E-state index in [1.165, 1.54) is 89.8 Å². The van der Waals surface area contributed by atoms with E-state index in [2.05, 4.69) is 21.9 Å². The maximum absolute atomic E-state index is 12.2. The van der Waals surface area contributed by atoms with Crippen molar-refractivity contribution in [2.75, 3.05) is 31.9 Å². The van der Waals surface area contributed by atoms with Crippen LogP contribution < -0.4 is 62.0 Å². The van der Waals surface area contributed by atoms with Crippen molar-refractivity contribution in [3.63, 3.8) is 0 Å². The van der Waals surface area contributed by atoms with Crippen molar-refractivity contribution in [3.8, 4) is 0 Å². The Balaban J connectivity index is 0.00000800. The molecular weight excluding hydrogens is 556 g/mol. The van der Waals surface area contributed by atoms with Gasteiger partial charge in [0.2, 0.25) is 0 Å². The topological polar surface area (TPSA) is 137 Å². The number of anilines is 1. The second-order valence-corrected chi connectivity index (χ2v) is 12.2. The molecule has 0 spiro atoms. The largest absolute Gasteiger partial charge is 1.00 e. The summed E-state index contributed by atoms with van der Waals surface area (Å²) in [5, 5.41) is 0. The summed E-state index contributed by atoms with van der Waals surface area (Å²) in [6.07, 6.45) is 21.3. The van der Waals surface area contributed by atoms with Gasteiger partial charge in [-0.05, 0) is 19.8 Å². The number of rotatable bonds is 25. The van der Waals surface area contributed by atoms with Crippen LogP contribution >= 0.6 is 7.60 Å². The molecule has 0 bridgehead atoms. The summed E-state index contributed by atoms with van der Waals surface area (Å²) < 4.78 is 30.1. The SMILES string of the molecule is CCCCCCCCCCCCCCCCOCCCOP(=O)([O-])CO[C@H](C)Cn1cnc2c(N)ncnc21.[K+]. The minimum absolute atomic E-state index is 0. The fourth-order valence-electron chi connectivity index (χ4n) is 4.48. The Morgan fingerprint density at radius 1 is 0.875 bits per heavy atom. The maximum Gasteiger partial charge on any atom is 1.00 e. The molecule has 2 aromatic rings. The Morgan fingerprint density at radius 2 is 1.45 bits per heavy atom. The molecule has 0 aliphatic carbocycles. The summed E-state index contributed by atoms with van der Waals surface area (Å²) in [5.74, 6) is 0.299. The number of nitrogen functional groups attached to an aromatic ring is 1. The summed E-state index contributed by atoms with van der Waals surface area (Å²) >= 11 is 0. The van der Waals surface area contributed by atoms with Crippen molar-refractivity contribution in [1.29, 1.82) is 0 Å². The van der Waals surface area contributed by atoms with Gasteiger partial charge in [0.05, 0.1) is 25.6 Å². The Hall–Kier alpha value is 0.0564. The van der Waals surface area contributed by atoms with Crippen LogP contribution in [0.4, 0.5) is 5.82 Å². The fraction of sp³-hybridized carbons (Fsp3) is 0.821. The molecular formula is C28H51KN5O5P. The normalized spacial score (nSPS) is 13.8. The van der Waals surface area contributed by atoms with Gasteiger partial charge < -0.3 is 33.8 Å². The Morgan fingerprint density at radius 3 is 2.08 bits per heavy atom. The molecule has 12 heteroatoms. The molecule has 10 nitrogen and oxygen atoms in total. The zero-order valence-electron chi connectivity index (χ0n) is 25.2. The van der Waals surface area contributed by atoms with Gasteiger partial charge in [-0.15, -0.1) is 0 Å². The van der Waals surface area contributed by atoms with Crippen LogP contribution in [0.2, 0.25) is 0 Å². The van der Waals surface area contributed by atoms with Gasteiger partial charge in [0.25, 0.3) is 0 Å². The average molecular weight is 608 g/mol. The van der Waals surface area contributed by atoms with Gasteiger partial charge in [-0.25, -0.2) is 15.0 Å². The zero-order chi connectivity index (χ0) is 28.2. The van der Waals surface area contributed by atoms with E-state index < -0.39 is 20.0 Å². The molecule has 40 heavy (non-hydrogen) atoms. The van der Waals surface area contributed by atoms with Crippen molar-refractivity contribution in [2.24, 2.45) is 0 Å². The minimum atomic E-state index is -4.08. The van der Waals surface area contributed by atoms with Crippen LogP contribution in [0.5, 0.6) is 0 Å². The molecule has 1 unspecified atom stereocenters. The summed E-state index contributed by atoms with van der Waals surface area (Å²) in [7, 11) is -4.08. The van der Waals surface area contributed by atoms with Gasteiger partial charge >= 0.3 is 51.4 Å². The van der Waals surface area contributed by atoms with E-state index >= 15 is 0 Å². The molecule has 2 atom stereocenters. The minimum Gasteiger partial charge on any atom is -0.777 e. The van der Waals surface area contributed by atoms with Crippen molar-refractivity contribution >= 4 is 24.6 Å². The van der Waals surface area contributed by atoms with Crippen molar-refractivity contribution < 1.29 is 74.8 Å². The number of aromatic nitrogens is 4. The molecule has 2 aromatic heterocycles. The van der Waals surface area contributed by atoms with E-state index in [9.17, 15) is 9.46 Å². The standard InChI is InChI=1S/C28H52N5O5P.K/c1-3-4-5-6-7-8-9-10-11-12-13-14-15-16-18-36-19-17-20-38-39(34,35)24-37-25(2)21-33-23-32-26-27(29)30-22-31-28(26)33;/h22-23,25H,3-21,24H2,1-2H3,(H,34,35)(H2,29,30,31);/q;+1/p-1/t25-;/m1./s1. The van der Waals surface area contributed by atoms with Gasteiger partial charge in [-0.2, -0.15) is 0 Å². The van der Waals surface area contributed by atoms with E-state index in [4.69, 9.17) is 19.7 Å². The van der Waals surface area contributed by atoms with Crippen LogP contribution in [0, 0.1) is 0 Å². The van der Waals surface area contributed by atoms with Crippen molar-refractivity contribution in [1.82, 2.24) is 19.5 Å². The Labute approximate surface area is 283 Å². The molecule has 2 rings (SSSR count). The first-order valence-corrected chi connectivity index (χ1v) is 16.7. The predicted octanol–water partition coefficient (Wildman–Crippen LogP) is 3.23. The molecule has 0 amide bonds. The number of imidazole rings is 1. The first-order chi connectivity index (χ1) is 18.9. The van der Waals surface area contributed by atoms with Crippen molar-refractivity contribution in [2.45, 2.75) is 123 Å². The average Bonchev–Trinajstić information content (AvgIpc) is 3.32. The molecule has 0 radical (unpaired) electrons. The van der Waals surface area contributed by atoms with Crippen LogP contribution in [0.1, 0.15) is 110 Å². The number of hydrogen-bond donors (Lipinski definition) is 1. The predicted molar refractivity (Wildman–Crippen MR) is 154 cm³/mol. The van der Waals surface area contributed by atoms with Crippen LogP contribution in [-0.2, 0) is 25.1 Å². The van der Waals surface area contributed by atoms with Gasteiger partial charge in [-0.1, -0.05) is 90.4 Å². The van der Waals surface area contributed by atoms with Crippen LogP contribution in [-0.4, -0.2) is 51.8 Å². The third-order valence-electron chi connectivity index (χ3n) is 6.76. The van der Waals surface area contributed by atoms with Gasteiger partial charge in [-0.3, -0.25) is 0 Å². The van der Waals surface area contributed by atoms with Crippen LogP contribution in [0.3, 0.4) is 0 Å². The van der Waals surface area contributed by atoms with E-state index in [-0.39, 0.29) is 58.0 Å². The first kappa shape index (κ1) is 38.1. The van der Waals surface area contributed by atoms with Gasteiger partial charge in [0.15, 0.2) is 19.1 Å². The molecule has 0 aliphatic rings. The number of unbranched alkanes of at least 4 members (excludes halogenated alkanes) is 13. The monoisotopic (exact) mass is 607 g/mol. The maximum atomic E-state index is 12.2. The Bertz CT molecular complexity index is 951. The molecule has 2 heterocycles. The third kappa shape index (κ3) is 17.2. The fourth-order valence-corrected chi connectivity index (χ4v) is 5.40. The number of ether oxygens (including phenoxy) is 2. The molecule has 0 aromatic carbocycles. The molecule has 2 N–H and O–H groups in total. The number of nitrogens with two attached hydrogens (primary N) is 1. The molecule has 0 saturated carbocycles. The van der Waals surface area contributed by atoms with Crippen LogP contribution in [0.25, 0.3) is 11.2 Å². The van der Waals surface area contributed by atoms with E-state index in [0.29, 0.717) is 43.2 Å². The summed E-state index contributed by atoms with van der Waals surface area (Å²) in [6.45, 7) is 5.73. The number of fused-ring (bicyclic) bond motifs is 1. The molecule has 224 valence electrons. The summed E-state index contributed by atoms with van der Waals surface area (Å²) in [4.78, 5) is 24.4. The number of nitrogens with zero attached hydrogens (tertiary/aromatic N) is 4.